The molecule has 0 unspecified atom stereocenters. The quantitative estimate of drug-likeness (QED) is 0.308. The van der Waals surface area contributed by atoms with Crippen LogP contribution >= 0.6 is 11.8 Å². The van der Waals surface area contributed by atoms with Crippen LogP contribution in [-0.2, 0) is 22.9 Å². The number of hydrogen-bond donors (Lipinski definition) is 2. The summed E-state index contributed by atoms with van der Waals surface area (Å²) in [7, 11) is -3.76. The zero-order valence-electron chi connectivity index (χ0n) is 16.9. The van der Waals surface area contributed by atoms with Crippen molar-refractivity contribution < 1.29 is 13.2 Å². The minimum absolute atomic E-state index is 0.0357. The molecule has 8 nitrogen and oxygen atoms in total. The summed E-state index contributed by atoms with van der Waals surface area (Å²) in [4.78, 5) is 21.8. The Labute approximate surface area is 189 Å². The highest BCUT2D eigenvalue weighted by Crippen LogP contribution is 2.31. The third-order valence-corrected chi connectivity index (χ3v) is 6.80. The predicted octanol–water partition coefficient (Wildman–Crippen LogP) is 3.20. The Morgan fingerprint density at radius 3 is 2.47 bits per heavy atom. The molecule has 0 aliphatic heterocycles. The van der Waals surface area contributed by atoms with E-state index in [1.54, 1.807) is 36.4 Å². The molecule has 2 aromatic carbocycles. The van der Waals surface area contributed by atoms with Crippen molar-refractivity contribution in [3.8, 4) is 6.07 Å². The Hall–Kier alpha value is -3.26. The SMILES string of the molecule is N#Cc1ccc(C(=O)CSc2nc3c(c(Nc4ccc(S(N)(=O)=O)cc4)n2)CCC3)cc1. The van der Waals surface area contributed by atoms with Gasteiger partial charge in [0, 0.05) is 16.8 Å². The molecule has 3 aromatic rings. The first kappa shape index (κ1) is 22.0. The number of aromatic nitrogens is 2. The molecule has 32 heavy (non-hydrogen) atoms. The first-order valence-electron chi connectivity index (χ1n) is 9.79. The number of benzene rings is 2. The van der Waals surface area contributed by atoms with Crippen LogP contribution in [0.2, 0.25) is 0 Å². The highest BCUT2D eigenvalue weighted by atomic mass is 32.2. The van der Waals surface area contributed by atoms with Crippen LogP contribution in [0.4, 0.5) is 11.5 Å². The van der Waals surface area contributed by atoms with Crippen molar-refractivity contribution in [2.45, 2.75) is 29.3 Å². The Kier molecular flexibility index (Phi) is 6.23. The molecule has 10 heteroatoms. The van der Waals surface area contributed by atoms with E-state index in [-0.39, 0.29) is 16.4 Å². The molecule has 162 valence electrons. The first-order valence-corrected chi connectivity index (χ1v) is 12.3. The van der Waals surface area contributed by atoms with E-state index in [0.29, 0.717) is 27.8 Å². The molecule has 1 heterocycles. The second-order valence-corrected chi connectivity index (χ2v) is 9.73. The summed E-state index contributed by atoms with van der Waals surface area (Å²) in [5.41, 5.74) is 3.70. The number of anilines is 2. The number of carbonyl (C=O) groups is 1. The first-order chi connectivity index (χ1) is 15.3. The van der Waals surface area contributed by atoms with Gasteiger partial charge in [-0.15, -0.1) is 0 Å². The number of fused-ring (bicyclic) bond motifs is 1. The van der Waals surface area contributed by atoms with Crippen LogP contribution in [0.25, 0.3) is 0 Å². The fourth-order valence-corrected chi connectivity index (χ4v) is 4.66. The summed E-state index contributed by atoms with van der Waals surface area (Å²) < 4.78 is 22.9. The van der Waals surface area contributed by atoms with Crippen LogP contribution in [-0.4, -0.2) is 29.9 Å². The van der Waals surface area contributed by atoms with Gasteiger partial charge in [-0.1, -0.05) is 23.9 Å². The third kappa shape index (κ3) is 4.96. The average molecular weight is 466 g/mol. The van der Waals surface area contributed by atoms with Gasteiger partial charge in [0.1, 0.15) is 5.82 Å². The zero-order valence-corrected chi connectivity index (χ0v) is 18.5. The van der Waals surface area contributed by atoms with Crippen molar-refractivity contribution in [2.24, 2.45) is 5.14 Å². The highest BCUT2D eigenvalue weighted by molar-refractivity contribution is 7.99. The molecule has 0 radical (unpaired) electrons. The van der Waals surface area contributed by atoms with Crippen molar-refractivity contribution in [1.29, 1.82) is 5.26 Å². The largest absolute Gasteiger partial charge is 0.340 e. The van der Waals surface area contributed by atoms with Crippen molar-refractivity contribution in [3.05, 3.63) is 70.9 Å². The molecular weight excluding hydrogens is 446 g/mol. The van der Waals surface area contributed by atoms with Gasteiger partial charge >= 0.3 is 0 Å². The summed E-state index contributed by atoms with van der Waals surface area (Å²) in [5.74, 6) is 0.758. The molecule has 0 amide bonds. The predicted molar refractivity (Wildman–Crippen MR) is 121 cm³/mol. The number of Topliss-reactive ketones (excluding diaryl/α,β-unsaturated/α-hetero) is 1. The summed E-state index contributed by atoms with van der Waals surface area (Å²) >= 11 is 1.26. The molecular formula is C22H19N5O3S2. The number of aryl methyl sites for hydroxylation is 1. The maximum absolute atomic E-state index is 12.5. The van der Waals surface area contributed by atoms with Crippen LogP contribution in [0.5, 0.6) is 0 Å². The second kappa shape index (κ2) is 9.08. The van der Waals surface area contributed by atoms with E-state index in [4.69, 9.17) is 10.4 Å². The maximum Gasteiger partial charge on any atom is 0.238 e. The molecule has 0 spiro atoms. The molecule has 3 N–H and O–H groups in total. The van der Waals surface area contributed by atoms with Gasteiger partial charge in [-0.2, -0.15) is 5.26 Å². The molecule has 0 saturated carbocycles. The molecule has 0 atom stereocenters. The monoisotopic (exact) mass is 465 g/mol. The molecule has 1 aliphatic carbocycles. The minimum Gasteiger partial charge on any atom is -0.340 e. The highest BCUT2D eigenvalue weighted by Gasteiger charge is 2.20. The van der Waals surface area contributed by atoms with E-state index in [9.17, 15) is 13.2 Å². The number of thioether (sulfide) groups is 1. The summed E-state index contributed by atoms with van der Waals surface area (Å²) in [6.45, 7) is 0. The smallest absolute Gasteiger partial charge is 0.238 e. The van der Waals surface area contributed by atoms with Crippen molar-refractivity contribution in [2.75, 3.05) is 11.1 Å². The van der Waals surface area contributed by atoms with E-state index in [2.05, 4.69) is 15.3 Å². The van der Waals surface area contributed by atoms with Crippen molar-refractivity contribution in [1.82, 2.24) is 9.97 Å². The van der Waals surface area contributed by atoms with Crippen molar-refractivity contribution >= 4 is 39.1 Å². The number of primary sulfonamides is 1. The maximum atomic E-state index is 12.5. The van der Waals surface area contributed by atoms with Gasteiger partial charge in [0.25, 0.3) is 0 Å². The summed E-state index contributed by atoms with van der Waals surface area (Å²) in [6, 6.07) is 14.7. The van der Waals surface area contributed by atoms with E-state index in [1.807, 2.05) is 6.07 Å². The topological polar surface area (TPSA) is 139 Å². The fourth-order valence-electron chi connectivity index (χ4n) is 3.39. The number of ketones is 1. The second-order valence-electron chi connectivity index (χ2n) is 7.23. The Morgan fingerprint density at radius 1 is 1.09 bits per heavy atom. The van der Waals surface area contributed by atoms with Crippen LogP contribution in [0.15, 0.2) is 58.6 Å². The van der Waals surface area contributed by atoms with E-state index >= 15 is 0 Å². The number of sulfonamides is 1. The Balaban J connectivity index is 1.51. The molecule has 4 rings (SSSR count). The van der Waals surface area contributed by atoms with Crippen LogP contribution < -0.4 is 10.5 Å². The standard InChI is InChI=1S/C22H19N5O3S2/c23-12-14-4-6-15(7-5-14)20(28)13-31-22-26-19-3-1-2-18(19)21(27-22)25-16-8-10-17(11-9-16)32(24,29)30/h4-11H,1-3,13H2,(H2,24,29,30)(H,25,26,27). The number of nitrogens with one attached hydrogen (secondary N) is 1. The van der Waals surface area contributed by atoms with Crippen LogP contribution in [0, 0.1) is 11.3 Å². The molecule has 0 fully saturated rings. The number of nitriles is 1. The van der Waals surface area contributed by atoms with Gasteiger partial charge in [0.2, 0.25) is 10.0 Å². The Bertz CT molecular complexity index is 1320. The molecule has 0 bridgehead atoms. The van der Waals surface area contributed by atoms with Gasteiger partial charge in [-0.05, 0) is 55.7 Å². The summed E-state index contributed by atoms with van der Waals surface area (Å²) in [5, 5.41) is 17.8. The number of carbonyl (C=O) groups excluding carboxylic acids is 1. The van der Waals surface area contributed by atoms with Gasteiger partial charge in [-0.3, -0.25) is 4.79 Å². The van der Waals surface area contributed by atoms with Crippen LogP contribution in [0.1, 0.15) is 33.6 Å². The normalized spacial score (nSPS) is 12.8. The lowest BCUT2D eigenvalue weighted by atomic mass is 10.1. The lowest BCUT2D eigenvalue weighted by Crippen LogP contribution is -2.12. The Morgan fingerprint density at radius 2 is 1.81 bits per heavy atom. The van der Waals surface area contributed by atoms with E-state index in [1.165, 1.54) is 23.9 Å². The fraction of sp³-hybridized carbons (Fsp3) is 0.182. The minimum atomic E-state index is -3.76. The number of hydrogen-bond acceptors (Lipinski definition) is 8. The number of nitrogens with two attached hydrogens (primary N) is 1. The van der Waals surface area contributed by atoms with Crippen LogP contribution in [0.3, 0.4) is 0 Å². The van der Waals surface area contributed by atoms with Gasteiger partial charge in [0.15, 0.2) is 10.9 Å². The van der Waals surface area contributed by atoms with E-state index < -0.39 is 10.0 Å². The lowest BCUT2D eigenvalue weighted by molar-refractivity contribution is 0.102. The zero-order chi connectivity index (χ0) is 22.7. The van der Waals surface area contributed by atoms with Gasteiger partial charge in [0.05, 0.1) is 28.0 Å². The molecule has 1 aromatic heterocycles. The number of rotatable bonds is 7. The number of nitrogens with zero attached hydrogens (tertiary/aromatic N) is 3. The average Bonchev–Trinajstić information content (AvgIpc) is 3.26. The van der Waals surface area contributed by atoms with Crippen molar-refractivity contribution in [3.63, 3.8) is 0 Å². The molecule has 1 aliphatic rings. The molecule has 0 saturated heterocycles. The van der Waals surface area contributed by atoms with Gasteiger partial charge in [-0.25, -0.2) is 23.5 Å². The van der Waals surface area contributed by atoms with E-state index in [0.717, 1.165) is 30.5 Å². The lowest BCUT2D eigenvalue weighted by Gasteiger charge is -2.12. The van der Waals surface area contributed by atoms with Gasteiger partial charge < -0.3 is 5.32 Å². The summed E-state index contributed by atoms with van der Waals surface area (Å²) in [6.07, 6.45) is 2.66. The third-order valence-electron chi connectivity index (χ3n) is 5.03.